The van der Waals surface area contributed by atoms with E-state index < -0.39 is 5.97 Å². The second-order valence-electron chi connectivity index (χ2n) is 6.21. The maximum Gasteiger partial charge on any atom is 0.335 e. The van der Waals surface area contributed by atoms with Crippen molar-refractivity contribution in [1.82, 2.24) is 4.57 Å². The first kappa shape index (κ1) is 18.5. The van der Waals surface area contributed by atoms with Gasteiger partial charge in [0.25, 0.3) is 0 Å². The molecule has 1 heterocycles. The van der Waals surface area contributed by atoms with Gasteiger partial charge in [-0.2, -0.15) is 0 Å². The van der Waals surface area contributed by atoms with Gasteiger partial charge in [0, 0.05) is 34.3 Å². The summed E-state index contributed by atoms with van der Waals surface area (Å²) < 4.78 is 15.9. The highest BCUT2D eigenvalue weighted by Crippen LogP contribution is 2.36. The summed E-state index contributed by atoms with van der Waals surface area (Å²) in [6, 6.07) is 11.8. The molecule has 3 N–H and O–H groups in total. The zero-order chi connectivity index (χ0) is 19.6. The van der Waals surface area contributed by atoms with E-state index in [0.29, 0.717) is 16.5 Å². The zero-order valence-corrected chi connectivity index (χ0v) is 14.8. The lowest BCUT2D eigenvalue weighted by atomic mass is 9.99. The monoisotopic (exact) mass is 366 g/mol. The van der Waals surface area contributed by atoms with Gasteiger partial charge in [0.15, 0.2) is 0 Å². The average molecular weight is 366 g/mol. The Balaban J connectivity index is 2.31. The number of carbonyl (C=O) groups is 2. The molecule has 3 rings (SSSR count). The van der Waals surface area contributed by atoms with Crippen molar-refractivity contribution in [2.24, 2.45) is 5.73 Å². The van der Waals surface area contributed by atoms with E-state index in [1.165, 1.54) is 12.1 Å². The number of hydrogen-bond acceptors (Lipinski definition) is 3. The maximum atomic E-state index is 14.2. The molecule has 1 aromatic heterocycles. The molecule has 6 heteroatoms. The minimum absolute atomic E-state index is 0.000672. The first-order chi connectivity index (χ1) is 13.0. The zero-order valence-electron chi connectivity index (χ0n) is 14.8. The van der Waals surface area contributed by atoms with Crippen LogP contribution in [0.25, 0.3) is 22.0 Å². The summed E-state index contributed by atoms with van der Waals surface area (Å²) in [5, 5.41) is 10.0. The van der Waals surface area contributed by atoms with Crippen molar-refractivity contribution in [3.8, 4) is 11.1 Å². The van der Waals surface area contributed by atoms with E-state index in [0.717, 1.165) is 23.1 Å². The molecule has 3 aromatic rings. The van der Waals surface area contributed by atoms with Crippen LogP contribution in [0.2, 0.25) is 0 Å². The number of carbonyl (C=O) groups excluding carboxylic acids is 1. The van der Waals surface area contributed by atoms with Crippen molar-refractivity contribution in [1.29, 1.82) is 0 Å². The van der Waals surface area contributed by atoms with Gasteiger partial charge in [-0.3, -0.25) is 4.79 Å². The largest absolute Gasteiger partial charge is 0.478 e. The fraction of sp³-hybridized carbons (Fsp3) is 0.143. The Morgan fingerprint density at radius 1 is 1.26 bits per heavy atom. The third-order valence-corrected chi connectivity index (χ3v) is 4.53. The standard InChI is InChI=1S/C21H19FN2O3/c1-13-20(15-4-2-3-14(9-15)12-25)18-10-16(21(26)27)5-6-19(18)24(13)11-17(22)7-8-23/h2-7,9-10,12H,8,11,23H2,1H3,(H,26,27)/b17-7-. The number of fused-ring (bicyclic) bond motifs is 1. The molecule has 0 unspecified atom stereocenters. The van der Waals surface area contributed by atoms with Crippen LogP contribution in [0.3, 0.4) is 0 Å². The Labute approximate surface area is 155 Å². The Kier molecular flexibility index (Phi) is 5.19. The van der Waals surface area contributed by atoms with Gasteiger partial charge in [-0.25, -0.2) is 9.18 Å². The van der Waals surface area contributed by atoms with Crippen molar-refractivity contribution in [3.05, 3.63) is 71.2 Å². The van der Waals surface area contributed by atoms with Crippen LogP contribution in [0, 0.1) is 6.92 Å². The molecule has 0 bridgehead atoms. The molecule has 0 radical (unpaired) electrons. The van der Waals surface area contributed by atoms with Crippen LogP contribution in [0.15, 0.2) is 54.4 Å². The van der Waals surface area contributed by atoms with Crippen LogP contribution in [-0.4, -0.2) is 28.5 Å². The Hall–Kier alpha value is -3.25. The number of benzene rings is 2. The number of halogens is 1. The highest BCUT2D eigenvalue weighted by Gasteiger charge is 2.18. The van der Waals surface area contributed by atoms with E-state index in [4.69, 9.17) is 5.73 Å². The van der Waals surface area contributed by atoms with Crippen molar-refractivity contribution in [2.75, 3.05) is 6.54 Å². The number of rotatable bonds is 6. The summed E-state index contributed by atoms with van der Waals surface area (Å²) in [7, 11) is 0. The summed E-state index contributed by atoms with van der Waals surface area (Å²) in [5.41, 5.74) is 9.08. The summed E-state index contributed by atoms with van der Waals surface area (Å²) in [6.07, 6.45) is 2.06. The van der Waals surface area contributed by atoms with E-state index in [9.17, 15) is 19.1 Å². The minimum Gasteiger partial charge on any atom is -0.478 e. The smallest absolute Gasteiger partial charge is 0.335 e. The number of hydrogen-bond donors (Lipinski definition) is 2. The van der Waals surface area contributed by atoms with Crippen molar-refractivity contribution in [3.63, 3.8) is 0 Å². The van der Waals surface area contributed by atoms with Crippen LogP contribution < -0.4 is 5.73 Å². The number of aromatic nitrogens is 1. The molecule has 0 aliphatic carbocycles. The second kappa shape index (κ2) is 7.55. The first-order valence-electron chi connectivity index (χ1n) is 8.42. The maximum absolute atomic E-state index is 14.2. The van der Waals surface area contributed by atoms with Crippen molar-refractivity contribution < 1.29 is 19.1 Å². The Bertz CT molecular complexity index is 1070. The van der Waals surface area contributed by atoms with Gasteiger partial charge >= 0.3 is 5.97 Å². The number of aromatic carboxylic acids is 1. The molecular weight excluding hydrogens is 347 g/mol. The Morgan fingerprint density at radius 3 is 2.70 bits per heavy atom. The third-order valence-electron chi connectivity index (χ3n) is 4.53. The minimum atomic E-state index is -1.04. The molecule has 5 nitrogen and oxygen atoms in total. The fourth-order valence-corrected chi connectivity index (χ4v) is 3.29. The van der Waals surface area contributed by atoms with Crippen molar-refractivity contribution >= 4 is 23.2 Å². The quantitative estimate of drug-likeness (QED) is 0.647. The summed E-state index contributed by atoms with van der Waals surface area (Å²) in [4.78, 5) is 22.6. The predicted molar refractivity (Wildman–Crippen MR) is 103 cm³/mol. The number of carboxylic acids is 1. The topological polar surface area (TPSA) is 85.3 Å². The van der Waals surface area contributed by atoms with Crippen LogP contribution in [0.4, 0.5) is 4.39 Å². The molecule has 0 aliphatic rings. The average Bonchev–Trinajstić information content (AvgIpc) is 2.93. The van der Waals surface area contributed by atoms with Gasteiger partial charge < -0.3 is 15.4 Å². The normalized spacial score (nSPS) is 11.7. The SMILES string of the molecule is Cc1c(-c2cccc(C=O)c2)c2cc(C(=O)O)ccc2n1C/C(F)=C/CN. The number of carboxylic acid groups (broad SMARTS) is 1. The molecule has 0 saturated heterocycles. The molecule has 0 saturated carbocycles. The first-order valence-corrected chi connectivity index (χ1v) is 8.42. The summed E-state index contributed by atoms with van der Waals surface area (Å²) in [6.45, 7) is 1.94. The van der Waals surface area contributed by atoms with Crippen LogP contribution in [-0.2, 0) is 6.54 Å². The van der Waals surface area contributed by atoms with Gasteiger partial charge in [0.05, 0.1) is 12.1 Å². The summed E-state index contributed by atoms with van der Waals surface area (Å²) in [5.74, 6) is -1.41. The lowest BCUT2D eigenvalue weighted by Gasteiger charge is -2.08. The molecular formula is C21H19FN2O3. The molecule has 0 atom stereocenters. The number of aldehydes is 1. The third kappa shape index (κ3) is 3.52. The van der Waals surface area contributed by atoms with Crippen LogP contribution >= 0.6 is 0 Å². The molecule has 0 amide bonds. The molecule has 0 aliphatic heterocycles. The van der Waals surface area contributed by atoms with E-state index in [2.05, 4.69) is 0 Å². The fourth-order valence-electron chi connectivity index (χ4n) is 3.29. The second-order valence-corrected chi connectivity index (χ2v) is 6.21. The molecule has 27 heavy (non-hydrogen) atoms. The number of nitrogens with two attached hydrogens (primary N) is 1. The van der Waals surface area contributed by atoms with Gasteiger partial charge in [-0.05, 0) is 42.8 Å². The predicted octanol–water partition coefficient (Wildman–Crippen LogP) is 3.94. The number of allylic oxidation sites excluding steroid dienone is 1. The van der Waals surface area contributed by atoms with E-state index in [-0.39, 0.29) is 24.5 Å². The van der Waals surface area contributed by atoms with E-state index >= 15 is 0 Å². The van der Waals surface area contributed by atoms with Gasteiger partial charge in [-0.1, -0.05) is 18.2 Å². The van der Waals surface area contributed by atoms with Gasteiger partial charge in [0.2, 0.25) is 0 Å². The molecule has 2 aromatic carbocycles. The van der Waals surface area contributed by atoms with E-state index in [1.807, 2.05) is 13.0 Å². The highest BCUT2D eigenvalue weighted by atomic mass is 19.1. The van der Waals surface area contributed by atoms with Gasteiger partial charge in [0.1, 0.15) is 12.1 Å². The molecule has 138 valence electrons. The van der Waals surface area contributed by atoms with Crippen LogP contribution in [0.5, 0.6) is 0 Å². The molecule has 0 fully saturated rings. The summed E-state index contributed by atoms with van der Waals surface area (Å²) >= 11 is 0. The Morgan fingerprint density at radius 2 is 2.04 bits per heavy atom. The number of nitrogens with zero attached hydrogens (tertiary/aromatic N) is 1. The van der Waals surface area contributed by atoms with E-state index in [1.54, 1.807) is 34.9 Å². The van der Waals surface area contributed by atoms with Crippen molar-refractivity contribution in [2.45, 2.75) is 13.5 Å². The lowest BCUT2D eigenvalue weighted by molar-refractivity contribution is 0.0697. The molecule has 0 spiro atoms. The lowest BCUT2D eigenvalue weighted by Crippen LogP contribution is -2.03. The van der Waals surface area contributed by atoms with Crippen LogP contribution in [0.1, 0.15) is 26.4 Å². The highest BCUT2D eigenvalue weighted by molar-refractivity contribution is 6.02. The van der Waals surface area contributed by atoms with Gasteiger partial charge in [-0.15, -0.1) is 0 Å².